The molecule has 0 amide bonds. The fraction of sp³-hybridized carbons (Fsp3) is 0.556. The number of ether oxygens (including phenoxy) is 2. The largest absolute Gasteiger partial charge is 0.496 e. The van der Waals surface area contributed by atoms with Gasteiger partial charge in [-0.1, -0.05) is 70.7 Å². The minimum atomic E-state index is -0.378. The van der Waals surface area contributed by atoms with Gasteiger partial charge in [0.1, 0.15) is 11.5 Å². The molecule has 0 heterocycles. The lowest BCUT2D eigenvalue weighted by Crippen LogP contribution is -2.28. The van der Waals surface area contributed by atoms with Gasteiger partial charge in [-0.25, -0.2) is 0 Å². The van der Waals surface area contributed by atoms with Gasteiger partial charge < -0.3 is 14.6 Å². The average Bonchev–Trinajstić information content (AvgIpc) is 2.85. The van der Waals surface area contributed by atoms with Crippen LogP contribution in [0.15, 0.2) is 36.4 Å². The van der Waals surface area contributed by atoms with Crippen molar-refractivity contribution in [3.05, 3.63) is 42.0 Å². The second-order valence-electron chi connectivity index (χ2n) is 9.00. The summed E-state index contributed by atoms with van der Waals surface area (Å²) in [6, 6.07) is 12.4. The van der Waals surface area contributed by atoms with Crippen molar-refractivity contribution in [1.29, 1.82) is 0 Å². The van der Waals surface area contributed by atoms with Crippen LogP contribution in [0, 0.1) is 0 Å². The second-order valence-corrected chi connectivity index (χ2v) is 11.7. The van der Waals surface area contributed by atoms with Crippen molar-refractivity contribution in [3.8, 4) is 22.6 Å². The number of hydrogen-bond donors (Lipinski definition) is 1. The number of methoxy groups -OCH3 is 2. The summed E-state index contributed by atoms with van der Waals surface area (Å²) in [5.41, 5.74) is 4.61. The Balaban J connectivity index is 1.88. The smallest absolute Gasteiger partial charge is 0.138 e. The maximum absolute atomic E-state index is 9.97. The van der Waals surface area contributed by atoms with Gasteiger partial charge in [0.25, 0.3) is 0 Å². The molecule has 0 atom stereocenters. The normalized spacial score (nSPS) is 18.3. The lowest BCUT2D eigenvalue weighted by Gasteiger charge is -2.40. The van der Waals surface area contributed by atoms with Gasteiger partial charge >= 0.3 is 0 Å². The highest BCUT2D eigenvalue weighted by molar-refractivity contribution is 7.67. The minimum Gasteiger partial charge on any atom is -0.496 e. The van der Waals surface area contributed by atoms with E-state index < -0.39 is 0 Å². The zero-order valence-corrected chi connectivity index (χ0v) is 20.0. The summed E-state index contributed by atoms with van der Waals surface area (Å²) in [5, 5.41) is 11.3. The van der Waals surface area contributed by atoms with Crippen LogP contribution in [0.4, 0.5) is 0 Å². The maximum atomic E-state index is 9.97. The number of aliphatic hydroxyl groups excluding tert-OH is 1. The molecule has 0 aromatic heterocycles. The molecule has 0 radical (unpaired) electrons. The van der Waals surface area contributed by atoms with E-state index in [-0.39, 0.29) is 14.5 Å². The standard InChI is InChI=1S/C27H37O3P/c1-29-25-18-17-24(23-16-10-9-11-20(23)19-28)26(30-2)27(25)31(21-12-5-3-6-13-21)22-14-7-4-8-15-22/h9-11,16-18,21-22,28H,3-8,12-15,19H2,1-2H3. The van der Waals surface area contributed by atoms with Crippen molar-refractivity contribution in [2.75, 3.05) is 14.2 Å². The Morgan fingerprint density at radius 2 is 1.39 bits per heavy atom. The molecule has 2 fully saturated rings. The van der Waals surface area contributed by atoms with Crippen LogP contribution in [0.2, 0.25) is 0 Å². The van der Waals surface area contributed by atoms with E-state index in [4.69, 9.17) is 9.47 Å². The summed E-state index contributed by atoms with van der Waals surface area (Å²) in [5.74, 6) is 1.96. The molecule has 0 unspecified atom stereocenters. The monoisotopic (exact) mass is 440 g/mol. The van der Waals surface area contributed by atoms with E-state index in [1.165, 1.54) is 69.5 Å². The van der Waals surface area contributed by atoms with Gasteiger partial charge in [-0.3, -0.25) is 0 Å². The Bertz CT molecular complexity index is 836. The van der Waals surface area contributed by atoms with Crippen LogP contribution in [0.3, 0.4) is 0 Å². The van der Waals surface area contributed by atoms with E-state index in [1.54, 1.807) is 14.2 Å². The molecule has 2 aliphatic rings. The van der Waals surface area contributed by atoms with Gasteiger partial charge in [-0.2, -0.15) is 0 Å². The van der Waals surface area contributed by atoms with Crippen LogP contribution < -0.4 is 14.8 Å². The molecule has 2 aromatic rings. The van der Waals surface area contributed by atoms with Crippen molar-refractivity contribution in [1.82, 2.24) is 0 Å². The fourth-order valence-electron chi connectivity index (χ4n) is 5.68. The van der Waals surface area contributed by atoms with Crippen LogP contribution in [0.25, 0.3) is 11.1 Å². The quantitative estimate of drug-likeness (QED) is 0.491. The topological polar surface area (TPSA) is 38.7 Å². The molecule has 2 aliphatic carbocycles. The summed E-state index contributed by atoms with van der Waals surface area (Å²) >= 11 is 0. The zero-order valence-electron chi connectivity index (χ0n) is 19.1. The van der Waals surface area contributed by atoms with Gasteiger partial charge in [0.15, 0.2) is 0 Å². The van der Waals surface area contributed by atoms with Gasteiger partial charge in [0.2, 0.25) is 0 Å². The van der Waals surface area contributed by atoms with Crippen molar-refractivity contribution in [2.24, 2.45) is 0 Å². The first kappa shape index (κ1) is 22.6. The molecule has 2 aromatic carbocycles. The summed E-state index contributed by atoms with van der Waals surface area (Å²) in [6.45, 7) is 0.0285. The summed E-state index contributed by atoms with van der Waals surface area (Å²) < 4.78 is 12.2. The molecule has 0 saturated heterocycles. The minimum absolute atomic E-state index is 0.0285. The molecular weight excluding hydrogens is 403 g/mol. The van der Waals surface area contributed by atoms with Gasteiger partial charge in [-0.05, 0) is 60.3 Å². The zero-order chi connectivity index (χ0) is 21.6. The molecule has 4 heteroatoms. The first-order valence-electron chi connectivity index (χ1n) is 12.0. The SMILES string of the molecule is COc1ccc(-c2ccccc2CO)c(OC)c1P(C1CCCCC1)C1CCCCC1. The molecule has 31 heavy (non-hydrogen) atoms. The van der Waals surface area contributed by atoms with Crippen LogP contribution >= 0.6 is 7.92 Å². The Morgan fingerprint density at radius 1 is 0.774 bits per heavy atom. The predicted molar refractivity (Wildman–Crippen MR) is 131 cm³/mol. The Hall–Kier alpha value is -1.57. The molecule has 168 valence electrons. The number of aliphatic hydroxyl groups is 1. The third kappa shape index (κ3) is 4.78. The van der Waals surface area contributed by atoms with Crippen molar-refractivity contribution in [3.63, 3.8) is 0 Å². The summed E-state index contributed by atoms with van der Waals surface area (Å²) in [6.07, 6.45) is 13.5. The van der Waals surface area contributed by atoms with E-state index >= 15 is 0 Å². The molecule has 3 nitrogen and oxygen atoms in total. The van der Waals surface area contributed by atoms with Crippen molar-refractivity contribution >= 4 is 13.2 Å². The summed E-state index contributed by atoms with van der Waals surface area (Å²) in [4.78, 5) is 0. The van der Waals surface area contributed by atoms with E-state index in [9.17, 15) is 5.11 Å². The highest BCUT2D eigenvalue weighted by atomic mass is 31.1. The lowest BCUT2D eigenvalue weighted by molar-refractivity contribution is 0.282. The first-order chi connectivity index (χ1) is 15.3. The third-order valence-corrected chi connectivity index (χ3v) is 10.7. The Labute approximate surface area is 188 Å². The van der Waals surface area contributed by atoms with Crippen LogP contribution in [-0.4, -0.2) is 30.6 Å². The third-order valence-electron chi connectivity index (χ3n) is 7.19. The molecule has 0 spiro atoms. The van der Waals surface area contributed by atoms with Gasteiger partial charge in [-0.15, -0.1) is 0 Å². The molecule has 4 rings (SSSR count). The van der Waals surface area contributed by atoms with E-state index in [1.807, 2.05) is 18.2 Å². The van der Waals surface area contributed by atoms with Gasteiger partial charge in [0.05, 0.1) is 26.1 Å². The lowest BCUT2D eigenvalue weighted by atomic mass is 9.99. The molecule has 0 bridgehead atoms. The predicted octanol–water partition coefficient (Wildman–Crippen LogP) is 6.64. The average molecular weight is 441 g/mol. The highest BCUT2D eigenvalue weighted by Crippen LogP contribution is 2.58. The van der Waals surface area contributed by atoms with Crippen molar-refractivity contribution < 1.29 is 14.6 Å². The van der Waals surface area contributed by atoms with E-state index in [0.29, 0.717) is 0 Å². The fourth-order valence-corrected chi connectivity index (χ4v) is 9.72. The maximum Gasteiger partial charge on any atom is 0.138 e. The first-order valence-corrected chi connectivity index (χ1v) is 13.5. The van der Waals surface area contributed by atoms with Crippen LogP contribution in [-0.2, 0) is 6.61 Å². The Morgan fingerprint density at radius 3 is 1.94 bits per heavy atom. The second kappa shape index (κ2) is 10.8. The molecule has 2 saturated carbocycles. The van der Waals surface area contributed by atoms with Gasteiger partial charge in [0, 0.05) is 5.56 Å². The molecule has 1 N–H and O–H groups in total. The van der Waals surface area contributed by atoms with Crippen LogP contribution in [0.1, 0.15) is 69.8 Å². The number of hydrogen-bond acceptors (Lipinski definition) is 3. The molecular formula is C27H37O3P. The highest BCUT2D eigenvalue weighted by Gasteiger charge is 2.36. The Kier molecular flexibility index (Phi) is 7.91. The number of benzene rings is 2. The summed E-state index contributed by atoms with van der Waals surface area (Å²) in [7, 11) is 3.23. The number of rotatable bonds is 7. The van der Waals surface area contributed by atoms with E-state index in [2.05, 4.69) is 18.2 Å². The van der Waals surface area contributed by atoms with Crippen molar-refractivity contribution in [2.45, 2.75) is 82.1 Å². The van der Waals surface area contributed by atoms with E-state index in [0.717, 1.165) is 39.5 Å². The van der Waals surface area contributed by atoms with Crippen LogP contribution in [0.5, 0.6) is 11.5 Å². The molecule has 0 aliphatic heterocycles.